The maximum Gasteiger partial charge on any atom is 0.226 e. The van der Waals surface area contributed by atoms with Crippen molar-refractivity contribution in [1.82, 2.24) is 24.8 Å². The highest BCUT2D eigenvalue weighted by molar-refractivity contribution is 7.80. The van der Waals surface area contributed by atoms with E-state index in [4.69, 9.17) is 12.2 Å². The van der Waals surface area contributed by atoms with Gasteiger partial charge < -0.3 is 20.1 Å². The molecule has 1 aromatic carbocycles. The lowest BCUT2D eigenvalue weighted by atomic mass is 10.0. The number of nitrogens with one attached hydrogen (secondary N) is 2. The molecular formula is C27H26N6OS. The third kappa shape index (κ3) is 4.93. The predicted molar refractivity (Wildman–Crippen MR) is 140 cm³/mol. The number of rotatable bonds is 7. The summed E-state index contributed by atoms with van der Waals surface area (Å²) in [5.74, 6) is -0.0544. The lowest BCUT2D eigenvalue weighted by molar-refractivity contribution is -0.116. The van der Waals surface area contributed by atoms with Gasteiger partial charge in [-0.05, 0) is 67.7 Å². The average molecular weight is 483 g/mol. The molecule has 0 aliphatic carbocycles. The monoisotopic (exact) mass is 482 g/mol. The largest absolute Gasteiger partial charge is 0.352 e. The number of amides is 1. The first-order chi connectivity index (χ1) is 17.1. The van der Waals surface area contributed by atoms with Crippen molar-refractivity contribution in [2.45, 2.75) is 25.4 Å². The van der Waals surface area contributed by atoms with E-state index in [2.05, 4.69) is 36.1 Å². The van der Waals surface area contributed by atoms with Crippen molar-refractivity contribution in [2.24, 2.45) is 0 Å². The van der Waals surface area contributed by atoms with Crippen LogP contribution >= 0.6 is 12.2 Å². The van der Waals surface area contributed by atoms with E-state index in [1.54, 1.807) is 18.6 Å². The summed E-state index contributed by atoms with van der Waals surface area (Å²) in [4.78, 5) is 23.6. The standard InChI is InChI=1S/C27H26N6OS/c1-19-7-9-20(10-8-19)30-24(34)13-18-33-26(25(31-27(33)35)22-5-2-3-14-29-22)23-6-4-17-32(23)21-11-15-28-16-12-21/h2-12,14-17,25-26H,13,18H2,1H3,(H,30,34)(H,31,35)/t25-,26+/m0/s1. The van der Waals surface area contributed by atoms with Crippen LogP contribution in [0.25, 0.3) is 5.69 Å². The van der Waals surface area contributed by atoms with Crippen LogP contribution in [0.5, 0.6) is 0 Å². The van der Waals surface area contributed by atoms with Crippen molar-refractivity contribution in [2.75, 3.05) is 11.9 Å². The third-order valence-electron chi connectivity index (χ3n) is 6.14. The number of carbonyl (C=O) groups excluding carboxylic acids is 1. The van der Waals surface area contributed by atoms with Crippen LogP contribution in [0.3, 0.4) is 0 Å². The number of pyridine rings is 2. The summed E-state index contributed by atoms with van der Waals surface area (Å²) in [7, 11) is 0. The number of thiocarbonyl (C=S) groups is 1. The molecule has 2 N–H and O–H groups in total. The van der Waals surface area contributed by atoms with Crippen LogP contribution in [0.2, 0.25) is 0 Å². The Kier molecular flexibility index (Phi) is 6.54. The van der Waals surface area contributed by atoms with Crippen LogP contribution in [0, 0.1) is 6.92 Å². The van der Waals surface area contributed by atoms with Gasteiger partial charge in [0.25, 0.3) is 0 Å². The molecule has 1 saturated heterocycles. The molecule has 2 atom stereocenters. The molecular weight excluding hydrogens is 456 g/mol. The lowest BCUT2D eigenvalue weighted by Gasteiger charge is -2.28. The molecule has 176 valence electrons. The predicted octanol–water partition coefficient (Wildman–Crippen LogP) is 4.58. The Hall–Kier alpha value is -4.04. The number of aromatic nitrogens is 3. The number of benzene rings is 1. The second kappa shape index (κ2) is 10.1. The number of hydrogen-bond donors (Lipinski definition) is 2. The zero-order valence-electron chi connectivity index (χ0n) is 19.3. The second-order valence-corrected chi connectivity index (χ2v) is 8.88. The lowest BCUT2D eigenvalue weighted by Crippen LogP contribution is -2.33. The molecule has 35 heavy (non-hydrogen) atoms. The maximum absolute atomic E-state index is 12.8. The van der Waals surface area contributed by atoms with Crippen LogP contribution < -0.4 is 10.6 Å². The topological polar surface area (TPSA) is 75.1 Å². The second-order valence-electron chi connectivity index (χ2n) is 8.49. The Morgan fingerprint density at radius 1 is 1.03 bits per heavy atom. The maximum atomic E-state index is 12.8. The van der Waals surface area contributed by atoms with E-state index in [9.17, 15) is 4.79 Å². The van der Waals surface area contributed by atoms with Crippen molar-refractivity contribution >= 4 is 28.9 Å². The number of hydrogen-bond acceptors (Lipinski definition) is 4. The summed E-state index contributed by atoms with van der Waals surface area (Å²) >= 11 is 5.76. The smallest absolute Gasteiger partial charge is 0.226 e. The van der Waals surface area contributed by atoms with Gasteiger partial charge in [-0.3, -0.25) is 14.8 Å². The van der Waals surface area contributed by atoms with Crippen LogP contribution in [-0.4, -0.2) is 37.0 Å². The molecule has 0 unspecified atom stereocenters. The molecule has 0 saturated carbocycles. The summed E-state index contributed by atoms with van der Waals surface area (Å²) in [5.41, 5.74) is 4.90. The van der Waals surface area contributed by atoms with Gasteiger partial charge in [-0.15, -0.1) is 0 Å². The Labute approximate surface area is 209 Å². The number of nitrogens with zero attached hydrogens (tertiary/aromatic N) is 4. The van der Waals surface area contributed by atoms with E-state index in [0.717, 1.165) is 28.3 Å². The minimum absolute atomic E-state index is 0.0544. The van der Waals surface area contributed by atoms with Crippen molar-refractivity contribution in [3.05, 3.63) is 108 Å². The van der Waals surface area contributed by atoms with Gasteiger partial charge in [-0.1, -0.05) is 23.8 Å². The van der Waals surface area contributed by atoms with Crippen LogP contribution in [0.15, 0.2) is 91.5 Å². The normalized spacial score (nSPS) is 17.3. The SMILES string of the molecule is Cc1ccc(NC(=O)CCN2C(=S)N[C@@H](c3ccccn3)[C@H]2c2cccn2-c2ccncc2)cc1. The molecule has 1 aliphatic heterocycles. The van der Waals surface area contributed by atoms with Gasteiger partial charge in [0.2, 0.25) is 5.91 Å². The summed E-state index contributed by atoms with van der Waals surface area (Å²) in [6, 6.07) is 21.4. The zero-order chi connectivity index (χ0) is 24.2. The number of anilines is 1. The molecule has 4 heterocycles. The molecule has 1 amide bonds. The summed E-state index contributed by atoms with van der Waals surface area (Å²) < 4.78 is 2.14. The first-order valence-electron chi connectivity index (χ1n) is 11.5. The minimum atomic E-state index is -0.153. The average Bonchev–Trinajstić information content (AvgIpc) is 3.49. The highest BCUT2D eigenvalue weighted by atomic mass is 32.1. The van der Waals surface area contributed by atoms with E-state index >= 15 is 0 Å². The fraction of sp³-hybridized carbons (Fsp3) is 0.185. The van der Waals surface area contributed by atoms with Gasteiger partial charge in [-0.25, -0.2) is 0 Å². The Bertz CT molecular complexity index is 1310. The van der Waals surface area contributed by atoms with Gasteiger partial charge in [0.05, 0.1) is 17.8 Å². The Morgan fingerprint density at radius 2 is 1.83 bits per heavy atom. The van der Waals surface area contributed by atoms with Gasteiger partial charge in [0, 0.05) is 54.8 Å². The summed E-state index contributed by atoms with van der Waals surface area (Å²) in [5, 5.41) is 7.05. The number of carbonyl (C=O) groups is 1. The molecule has 5 rings (SSSR count). The summed E-state index contributed by atoms with van der Waals surface area (Å²) in [6.45, 7) is 2.49. The third-order valence-corrected chi connectivity index (χ3v) is 6.49. The molecule has 3 aromatic heterocycles. The fourth-order valence-corrected chi connectivity index (χ4v) is 4.76. The first kappa shape index (κ1) is 22.7. The van der Waals surface area contributed by atoms with E-state index in [1.807, 2.05) is 73.8 Å². The van der Waals surface area contributed by atoms with Gasteiger partial charge in [0.1, 0.15) is 0 Å². The molecule has 0 spiro atoms. The van der Waals surface area contributed by atoms with Crippen LogP contribution in [0.4, 0.5) is 5.69 Å². The van der Waals surface area contributed by atoms with E-state index in [-0.39, 0.29) is 18.0 Å². The molecule has 4 aromatic rings. The van der Waals surface area contributed by atoms with Crippen LogP contribution in [0.1, 0.15) is 35.5 Å². The highest BCUT2D eigenvalue weighted by Crippen LogP contribution is 2.39. The fourth-order valence-electron chi connectivity index (χ4n) is 4.43. The van der Waals surface area contributed by atoms with Crippen molar-refractivity contribution < 1.29 is 4.79 Å². The van der Waals surface area contributed by atoms with Gasteiger partial charge >= 0.3 is 0 Å². The number of aryl methyl sites for hydroxylation is 1. The van der Waals surface area contributed by atoms with Crippen LogP contribution in [-0.2, 0) is 4.79 Å². The molecule has 1 fully saturated rings. The first-order valence-corrected chi connectivity index (χ1v) is 11.9. The van der Waals surface area contributed by atoms with E-state index < -0.39 is 0 Å². The zero-order valence-corrected chi connectivity index (χ0v) is 20.2. The minimum Gasteiger partial charge on any atom is -0.352 e. The highest BCUT2D eigenvalue weighted by Gasteiger charge is 2.41. The van der Waals surface area contributed by atoms with Gasteiger partial charge in [0.15, 0.2) is 5.11 Å². The van der Waals surface area contributed by atoms with Crippen molar-refractivity contribution in [3.8, 4) is 5.69 Å². The molecule has 1 aliphatic rings. The van der Waals surface area contributed by atoms with Gasteiger partial charge in [-0.2, -0.15) is 0 Å². The molecule has 8 heteroatoms. The van der Waals surface area contributed by atoms with E-state index in [1.165, 1.54) is 0 Å². The Balaban J connectivity index is 1.42. The Morgan fingerprint density at radius 3 is 2.57 bits per heavy atom. The molecule has 0 bridgehead atoms. The quantitative estimate of drug-likeness (QED) is 0.376. The van der Waals surface area contributed by atoms with E-state index in [0.29, 0.717) is 18.1 Å². The van der Waals surface area contributed by atoms with Crippen molar-refractivity contribution in [1.29, 1.82) is 0 Å². The molecule has 0 radical (unpaired) electrons. The summed E-state index contributed by atoms with van der Waals surface area (Å²) in [6.07, 6.45) is 7.68. The molecule has 7 nitrogen and oxygen atoms in total. The van der Waals surface area contributed by atoms with Crippen molar-refractivity contribution in [3.63, 3.8) is 0 Å².